The van der Waals surface area contributed by atoms with Crippen LogP contribution in [0.3, 0.4) is 0 Å². The third kappa shape index (κ3) is 17.2. The summed E-state index contributed by atoms with van der Waals surface area (Å²) in [5.74, 6) is 0. The van der Waals surface area contributed by atoms with Crippen molar-refractivity contribution in [2.24, 2.45) is 10.8 Å². The smallest absolute Gasteiger partial charge is 0.0771 e. The first kappa shape index (κ1) is 50.4. The Morgan fingerprint density at radius 3 is 0.852 bits per heavy atom. The van der Waals surface area contributed by atoms with E-state index in [9.17, 15) is 0 Å². The van der Waals surface area contributed by atoms with Crippen LogP contribution in [0.15, 0.2) is 145 Å². The summed E-state index contributed by atoms with van der Waals surface area (Å²) in [6, 6.07) is 38.5. The first-order valence-electron chi connectivity index (χ1n) is 18.2. The van der Waals surface area contributed by atoms with Gasteiger partial charge >= 0.3 is 83.7 Å². The summed E-state index contributed by atoms with van der Waals surface area (Å²) in [7, 11) is 0. The molecule has 54 heavy (non-hydrogen) atoms. The molecule has 0 radical (unpaired) electrons. The van der Waals surface area contributed by atoms with Crippen molar-refractivity contribution in [3.8, 4) is 0 Å². The fourth-order valence-corrected chi connectivity index (χ4v) is 5.65. The monoisotopic (exact) mass is 938 g/mol. The van der Waals surface area contributed by atoms with E-state index in [2.05, 4.69) is 213 Å². The molecule has 6 aromatic carbocycles. The number of benzene rings is 4. The van der Waals surface area contributed by atoms with Crippen molar-refractivity contribution < 1.29 is 71.5 Å². The molecule has 0 saturated heterocycles. The van der Waals surface area contributed by atoms with Crippen molar-refractivity contribution >= 4 is 54.0 Å². The molecule has 2 aliphatic rings. The number of rotatable bonds is 0. The molecule has 0 amide bonds. The predicted octanol–water partition coefficient (Wildman–Crippen LogP) is 8.44. The maximum Gasteiger partial charge on any atom is -0.0771 e. The maximum atomic E-state index is 3.16. The van der Waals surface area contributed by atoms with E-state index in [1.165, 1.54) is 54.2 Å². The van der Waals surface area contributed by atoms with Crippen LogP contribution in [0.5, 0.6) is 0 Å². The molecule has 0 fully saturated rings. The van der Waals surface area contributed by atoms with Crippen LogP contribution in [0.25, 0.3) is 43.1 Å². The molecule has 6 heteroatoms. The summed E-state index contributed by atoms with van der Waals surface area (Å²) in [4.78, 5) is 0. The van der Waals surface area contributed by atoms with Gasteiger partial charge in [-0.2, -0.15) is 23.3 Å². The number of halogens is 2. The third-order valence-electron chi connectivity index (χ3n) is 8.17. The Kier molecular flexibility index (Phi) is 23.2. The van der Waals surface area contributed by atoms with Crippen molar-refractivity contribution in [2.45, 2.75) is 80.6 Å². The molecule has 0 spiro atoms. The number of allylic oxidation sites excluding steroid dienone is 8. The molecule has 8 rings (SSSR count). The minimum Gasteiger partial charge on any atom is -1.00 e. The minimum absolute atomic E-state index is 0. The number of fused-ring (bicyclic) bond motifs is 6. The van der Waals surface area contributed by atoms with E-state index in [0.717, 1.165) is 12.8 Å². The normalized spacial score (nSPS) is 12.5. The standard InChI is InChI=1S/2C13H9.2C9H13.2C2H6Si.2ClH.2Zr/c2*1-3-7-12-10(5-1)9-11-6-2-4-8-13(11)12;2*1-9(2,3)8-6-4-5-7-8;2*1-3-2;;;;/h2*1-9H;2*6-7H,4H2,1-3H3;2*1-2H3;2*1H;;/q4*-1;;;;;2*+2/p-2. The van der Waals surface area contributed by atoms with Crippen LogP contribution < -0.4 is 24.8 Å². The van der Waals surface area contributed by atoms with Crippen LogP contribution in [0.1, 0.15) is 54.4 Å². The van der Waals surface area contributed by atoms with Gasteiger partial charge < -0.3 is 24.8 Å². The van der Waals surface area contributed by atoms with Gasteiger partial charge in [-0.3, -0.25) is 12.2 Å². The second-order valence-corrected chi connectivity index (χ2v) is 34.3. The summed E-state index contributed by atoms with van der Waals surface area (Å²) in [5.41, 5.74) is 3.90. The van der Waals surface area contributed by atoms with Gasteiger partial charge in [0.1, 0.15) is 0 Å². The van der Waals surface area contributed by atoms with Crippen molar-refractivity contribution in [2.75, 3.05) is 0 Å². The van der Waals surface area contributed by atoms with Gasteiger partial charge in [-0.05, 0) is 0 Å². The topological polar surface area (TPSA) is 0 Å². The number of hydrogen-bond donors (Lipinski definition) is 0. The van der Waals surface area contributed by atoms with E-state index in [-0.39, 0.29) is 35.7 Å². The Bertz CT molecular complexity index is 1930. The van der Waals surface area contributed by atoms with Gasteiger partial charge in [-0.15, -0.1) is 92.3 Å². The molecule has 0 heterocycles. The van der Waals surface area contributed by atoms with Crippen LogP contribution >= 0.6 is 0 Å². The Labute approximate surface area is 370 Å². The van der Waals surface area contributed by atoms with E-state index >= 15 is 0 Å². The summed E-state index contributed by atoms with van der Waals surface area (Å²) in [6.45, 7) is 22.6. The van der Waals surface area contributed by atoms with Crippen LogP contribution in [0.4, 0.5) is 0 Å². The van der Waals surface area contributed by atoms with Gasteiger partial charge in [0, 0.05) is 0 Å². The van der Waals surface area contributed by atoms with Crippen LogP contribution in [-0.2, 0) is 46.7 Å². The Morgan fingerprint density at radius 2 is 0.685 bits per heavy atom. The van der Waals surface area contributed by atoms with Gasteiger partial charge in [0.25, 0.3) is 0 Å². The average molecular weight is 943 g/mol. The zero-order valence-corrected chi connectivity index (χ0v) is 42.3. The van der Waals surface area contributed by atoms with E-state index < -0.39 is 0 Å². The van der Waals surface area contributed by atoms with E-state index in [4.69, 9.17) is 0 Å². The van der Waals surface area contributed by atoms with Crippen LogP contribution in [0.2, 0.25) is 26.2 Å². The van der Waals surface area contributed by atoms with Crippen molar-refractivity contribution in [1.29, 1.82) is 0 Å². The molecular formula is C48H56Cl2Si2Zr2-2. The fraction of sp³-hybridized carbons (Fsp3) is 0.292. The first-order valence-corrected chi connectivity index (χ1v) is 30.6. The molecule has 0 aliphatic heterocycles. The third-order valence-corrected chi connectivity index (χ3v) is 8.17. The van der Waals surface area contributed by atoms with E-state index in [0.29, 0.717) is 10.8 Å². The van der Waals surface area contributed by atoms with Gasteiger partial charge in [-0.25, -0.2) is 12.2 Å². The van der Waals surface area contributed by atoms with Gasteiger partial charge in [-0.1, -0.05) is 125 Å². The van der Waals surface area contributed by atoms with Gasteiger partial charge in [0.05, 0.1) is 0 Å². The maximum absolute atomic E-state index is 3.16. The van der Waals surface area contributed by atoms with E-state index in [1.807, 2.05) is 0 Å². The zero-order valence-electron chi connectivity index (χ0n) is 33.9. The molecule has 6 aromatic rings. The van der Waals surface area contributed by atoms with E-state index in [1.54, 1.807) is 46.7 Å². The summed E-state index contributed by atoms with van der Waals surface area (Å²) in [6.07, 6.45) is 17.0. The molecule has 280 valence electrons. The molecule has 0 N–H and O–H groups in total. The molecule has 0 atom stereocenters. The molecule has 0 aromatic heterocycles. The molecule has 0 nitrogen and oxygen atoms in total. The van der Waals surface area contributed by atoms with Gasteiger partial charge in [0.2, 0.25) is 0 Å². The predicted molar refractivity (Wildman–Crippen MR) is 229 cm³/mol. The van der Waals surface area contributed by atoms with Crippen molar-refractivity contribution in [1.82, 2.24) is 0 Å². The number of hydrogen-bond acceptors (Lipinski definition) is 0. The largest absolute Gasteiger partial charge is 1.00 e. The summed E-state index contributed by atoms with van der Waals surface area (Å²) < 4.78 is 0. The van der Waals surface area contributed by atoms with Crippen LogP contribution in [0, 0.1) is 23.0 Å². The Balaban J connectivity index is 0.000000338. The van der Waals surface area contributed by atoms with Crippen LogP contribution in [-0.4, -0.2) is 10.9 Å². The fourth-order valence-electron chi connectivity index (χ4n) is 5.65. The van der Waals surface area contributed by atoms with Crippen molar-refractivity contribution in [3.63, 3.8) is 0 Å². The molecule has 0 bridgehead atoms. The molecule has 2 aliphatic carbocycles. The second kappa shape index (κ2) is 24.9. The first-order chi connectivity index (χ1) is 24.6. The molecule has 0 saturated carbocycles. The molecule has 0 unspecified atom stereocenters. The zero-order chi connectivity index (χ0) is 38.3. The second-order valence-electron chi connectivity index (χ2n) is 15.6. The Morgan fingerprint density at radius 1 is 0.463 bits per heavy atom. The quantitative estimate of drug-likeness (QED) is 0.106. The summed E-state index contributed by atoms with van der Waals surface area (Å²) in [5, 5.41) is 10.8. The minimum atomic E-state index is 0. The average Bonchev–Trinajstić information content (AvgIpc) is 3.91. The summed E-state index contributed by atoms with van der Waals surface area (Å²) >= 11 is 3.48. The Hall–Kier alpha value is -1.64. The van der Waals surface area contributed by atoms with Crippen molar-refractivity contribution in [3.05, 3.63) is 157 Å². The molecular weight excluding hydrogens is 886 g/mol. The SMILES string of the molecule is CC(C)(C)C1=CC[C-]=C1.CC(C)(C)C1=CC[C-]=C1.C[Si](C)=[Zr+2].C[Si](C)=[Zr+2].[Cl-].[Cl-].c1ccc2c(c1)[cH-]c1ccccc12.c1ccc2c(c1)[cH-]c1ccccc12. The van der Waals surface area contributed by atoms with Gasteiger partial charge in [0.15, 0.2) is 0 Å².